The van der Waals surface area contributed by atoms with E-state index in [4.69, 9.17) is 5.26 Å². The van der Waals surface area contributed by atoms with Gasteiger partial charge in [-0.3, -0.25) is 4.98 Å². The first-order valence-electron chi connectivity index (χ1n) is 5.61. The van der Waals surface area contributed by atoms with Crippen molar-refractivity contribution in [2.75, 3.05) is 0 Å². The fourth-order valence-electron chi connectivity index (χ4n) is 1.72. The molecule has 84 valence electrons. The Morgan fingerprint density at radius 1 is 1.12 bits per heavy atom. The van der Waals surface area contributed by atoms with Gasteiger partial charge in [0.05, 0.1) is 23.9 Å². The van der Waals surface area contributed by atoms with E-state index in [9.17, 15) is 0 Å². The van der Waals surface area contributed by atoms with Crippen LogP contribution in [0.15, 0.2) is 36.4 Å². The average Bonchev–Trinajstić information content (AvgIpc) is 2.33. The summed E-state index contributed by atoms with van der Waals surface area (Å²) in [4.78, 5) is 4.48. The van der Waals surface area contributed by atoms with Crippen molar-refractivity contribution in [3.05, 3.63) is 53.2 Å². The van der Waals surface area contributed by atoms with Crippen LogP contribution in [0.4, 0.5) is 0 Å². The van der Waals surface area contributed by atoms with Crippen LogP contribution in [-0.4, -0.2) is 4.98 Å². The van der Waals surface area contributed by atoms with Crippen molar-refractivity contribution in [2.45, 2.75) is 20.3 Å². The van der Waals surface area contributed by atoms with E-state index in [1.807, 2.05) is 18.2 Å². The second kappa shape index (κ2) is 4.80. The molecule has 0 fully saturated rings. The number of aryl methyl sites for hydroxylation is 2. The van der Waals surface area contributed by atoms with Crippen LogP contribution in [0.5, 0.6) is 0 Å². The van der Waals surface area contributed by atoms with Gasteiger partial charge in [-0.15, -0.1) is 0 Å². The Kier molecular flexibility index (Phi) is 3.20. The lowest BCUT2D eigenvalue weighted by atomic mass is 10.0. The van der Waals surface area contributed by atoms with Crippen LogP contribution in [0.2, 0.25) is 0 Å². The molecule has 1 heterocycles. The first kappa shape index (κ1) is 11.3. The number of benzene rings is 1. The molecular formula is C15H14N2. The number of rotatable bonds is 2. The van der Waals surface area contributed by atoms with Crippen LogP contribution in [0.3, 0.4) is 0 Å². The van der Waals surface area contributed by atoms with E-state index in [0.717, 1.165) is 17.0 Å². The molecule has 1 aromatic carbocycles. The molecular weight excluding hydrogens is 208 g/mol. The molecule has 0 N–H and O–H groups in total. The third kappa shape index (κ3) is 2.51. The largest absolute Gasteiger partial charge is 0.252 e. The molecule has 2 nitrogen and oxygen atoms in total. The third-order valence-corrected chi connectivity index (χ3v) is 2.87. The van der Waals surface area contributed by atoms with Crippen molar-refractivity contribution in [2.24, 2.45) is 0 Å². The zero-order chi connectivity index (χ0) is 12.3. The Labute approximate surface area is 102 Å². The van der Waals surface area contributed by atoms with Gasteiger partial charge in [0.1, 0.15) is 0 Å². The Balaban J connectivity index is 2.42. The minimum atomic E-state index is 0.360. The van der Waals surface area contributed by atoms with E-state index in [1.165, 1.54) is 11.1 Å². The maximum Gasteiger partial charge on any atom is 0.0774 e. The first-order valence-corrected chi connectivity index (χ1v) is 5.61. The molecule has 0 bridgehead atoms. The van der Waals surface area contributed by atoms with E-state index in [-0.39, 0.29) is 0 Å². The van der Waals surface area contributed by atoms with Gasteiger partial charge in [-0.25, -0.2) is 0 Å². The monoisotopic (exact) mass is 222 g/mol. The van der Waals surface area contributed by atoms with E-state index in [1.54, 1.807) is 0 Å². The van der Waals surface area contributed by atoms with Gasteiger partial charge in [-0.1, -0.05) is 18.2 Å². The quantitative estimate of drug-likeness (QED) is 0.780. The highest BCUT2D eigenvalue weighted by Gasteiger charge is 2.02. The number of nitriles is 1. The van der Waals surface area contributed by atoms with E-state index >= 15 is 0 Å². The van der Waals surface area contributed by atoms with Crippen LogP contribution >= 0.6 is 0 Å². The van der Waals surface area contributed by atoms with Gasteiger partial charge in [0.25, 0.3) is 0 Å². The van der Waals surface area contributed by atoms with Crippen LogP contribution in [0, 0.1) is 25.2 Å². The van der Waals surface area contributed by atoms with Gasteiger partial charge < -0.3 is 0 Å². The molecule has 0 saturated carbocycles. The highest BCUT2D eigenvalue weighted by atomic mass is 14.7. The number of hydrogen-bond acceptors (Lipinski definition) is 2. The first-order chi connectivity index (χ1) is 8.20. The summed E-state index contributed by atoms with van der Waals surface area (Å²) >= 11 is 0. The van der Waals surface area contributed by atoms with Crippen molar-refractivity contribution in [3.8, 4) is 17.3 Å². The Morgan fingerprint density at radius 2 is 1.94 bits per heavy atom. The summed E-state index contributed by atoms with van der Waals surface area (Å²) in [6.45, 7) is 4.19. The van der Waals surface area contributed by atoms with Crippen LogP contribution in [0.1, 0.15) is 16.8 Å². The lowest BCUT2D eigenvalue weighted by Crippen LogP contribution is -1.91. The van der Waals surface area contributed by atoms with Crippen molar-refractivity contribution < 1.29 is 0 Å². The molecule has 0 amide bonds. The van der Waals surface area contributed by atoms with Gasteiger partial charge in [0, 0.05) is 5.56 Å². The van der Waals surface area contributed by atoms with Gasteiger partial charge in [-0.05, 0) is 43.2 Å². The SMILES string of the molecule is Cc1ccc(-c2cccc(CC#N)n2)cc1C. The van der Waals surface area contributed by atoms with Crippen molar-refractivity contribution >= 4 is 0 Å². The number of hydrogen-bond donors (Lipinski definition) is 0. The lowest BCUT2D eigenvalue weighted by molar-refractivity contribution is 1.12. The maximum atomic E-state index is 8.67. The van der Waals surface area contributed by atoms with Crippen molar-refractivity contribution in [3.63, 3.8) is 0 Å². The minimum absolute atomic E-state index is 0.360. The molecule has 0 aliphatic carbocycles. The van der Waals surface area contributed by atoms with Crippen LogP contribution in [0.25, 0.3) is 11.3 Å². The molecule has 2 rings (SSSR count). The molecule has 0 radical (unpaired) electrons. The minimum Gasteiger partial charge on any atom is -0.252 e. The summed E-state index contributed by atoms with van der Waals surface area (Å²) in [5.74, 6) is 0. The smallest absolute Gasteiger partial charge is 0.0774 e. The number of nitrogens with zero attached hydrogens (tertiary/aromatic N) is 2. The summed E-state index contributed by atoms with van der Waals surface area (Å²) in [5.41, 5.74) is 5.40. The molecule has 2 aromatic rings. The molecule has 1 aromatic heterocycles. The highest BCUT2D eigenvalue weighted by molar-refractivity contribution is 5.61. The van der Waals surface area contributed by atoms with E-state index in [2.05, 4.69) is 43.1 Å². The van der Waals surface area contributed by atoms with E-state index in [0.29, 0.717) is 6.42 Å². The highest BCUT2D eigenvalue weighted by Crippen LogP contribution is 2.20. The Morgan fingerprint density at radius 3 is 2.65 bits per heavy atom. The Bertz CT molecular complexity index is 580. The maximum absolute atomic E-state index is 8.67. The second-order valence-corrected chi connectivity index (χ2v) is 4.15. The van der Waals surface area contributed by atoms with Gasteiger partial charge >= 0.3 is 0 Å². The molecule has 0 unspecified atom stereocenters. The predicted molar refractivity (Wildman–Crippen MR) is 68.5 cm³/mol. The lowest BCUT2D eigenvalue weighted by Gasteiger charge is -2.05. The number of pyridine rings is 1. The summed E-state index contributed by atoms with van der Waals surface area (Å²) in [6.07, 6.45) is 0.360. The molecule has 0 saturated heterocycles. The normalized spacial score (nSPS) is 9.94. The topological polar surface area (TPSA) is 36.7 Å². The van der Waals surface area contributed by atoms with Gasteiger partial charge in [0.2, 0.25) is 0 Å². The van der Waals surface area contributed by atoms with E-state index < -0.39 is 0 Å². The Hall–Kier alpha value is -2.14. The summed E-state index contributed by atoms with van der Waals surface area (Å²) in [5, 5.41) is 8.67. The number of aromatic nitrogens is 1. The molecule has 0 aliphatic heterocycles. The van der Waals surface area contributed by atoms with Gasteiger partial charge in [-0.2, -0.15) is 5.26 Å². The molecule has 0 aliphatic rings. The fraction of sp³-hybridized carbons (Fsp3) is 0.200. The fourth-order valence-corrected chi connectivity index (χ4v) is 1.72. The van der Waals surface area contributed by atoms with Crippen LogP contribution in [-0.2, 0) is 6.42 Å². The zero-order valence-corrected chi connectivity index (χ0v) is 10.1. The second-order valence-electron chi connectivity index (χ2n) is 4.15. The molecule has 0 atom stereocenters. The van der Waals surface area contributed by atoms with Crippen LogP contribution < -0.4 is 0 Å². The zero-order valence-electron chi connectivity index (χ0n) is 10.1. The summed E-state index contributed by atoms with van der Waals surface area (Å²) in [6, 6.07) is 14.2. The molecule has 2 heteroatoms. The van der Waals surface area contributed by atoms with Crippen molar-refractivity contribution in [1.82, 2.24) is 4.98 Å². The standard InChI is InChI=1S/C15H14N2/c1-11-6-7-13(10-12(11)2)15-5-3-4-14(17-15)8-9-16/h3-7,10H,8H2,1-2H3. The summed E-state index contributed by atoms with van der Waals surface area (Å²) in [7, 11) is 0. The predicted octanol–water partition coefficient (Wildman–Crippen LogP) is 3.43. The molecule has 17 heavy (non-hydrogen) atoms. The third-order valence-electron chi connectivity index (χ3n) is 2.87. The average molecular weight is 222 g/mol. The molecule has 0 spiro atoms. The van der Waals surface area contributed by atoms with Gasteiger partial charge in [0.15, 0.2) is 0 Å². The summed E-state index contributed by atoms with van der Waals surface area (Å²) < 4.78 is 0. The van der Waals surface area contributed by atoms with Crippen molar-refractivity contribution in [1.29, 1.82) is 5.26 Å².